The lowest BCUT2D eigenvalue weighted by Gasteiger charge is -2.09. The van der Waals surface area contributed by atoms with E-state index in [9.17, 15) is 15.2 Å². The minimum atomic E-state index is -0.523. The second-order valence-electron chi connectivity index (χ2n) is 4.55. The van der Waals surface area contributed by atoms with Crippen molar-refractivity contribution >= 4 is 5.69 Å². The Morgan fingerprint density at radius 2 is 1.75 bits per heavy atom. The first-order valence-electron chi connectivity index (χ1n) is 6.18. The Labute approximate surface area is 116 Å². The Balaban J connectivity index is 2.17. The van der Waals surface area contributed by atoms with E-state index in [1.165, 1.54) is 6.07 Å². The summed E-state index contributed by atoms with van der Waals surface area (Å²) < 4.78 is 5.62. The van der Waals surface area contributed by atoms with Gasteiger partial charge in [-0.05, 0) is 43.7 Å². The number of nitrogens with zero attached hydrogens (tertiary/aromatic N) is 1. The molecule has 2 aromatic carbocycles. The van der Waals surface area contributed by atoms with Gasteiger partial charge in [0.15, 0.2) is 0 Å². The fourth-order valence-corrected chi connectivity index (χ4v) is 1.85. The van der Waals surface area contributed by atoms with E-state index >= 15 is 0 Å². The Morgan fingerprint density at radius 3 is 2.25 bits per heavy atom. The average Bonchev–Trinajstić information content (AvgIpc) is 2.39. The van der Waals surface area contributed by atoms with Gasteiger partial charge in [0, 0.05) is 11.6 Å². The van der Waals surface area contributed by atoms with E-state index < -0.39 is 11.0 Å². The summed E-state index contributed by atoms with van der Waals surface area (Å²) >= 11 is 0. The highest BCUT2D eigenvalue weighted by Crippen LogP contribution is 2.27. The molecular formula is C15H15NO4. The zero-order valence-corrected chi connectivity index (χ0v) is 11.2. The standard InChI is InChI=1S/C15H15NO4/c1-10-9-14(7-8-15(10)16(18)19)20-13-5-3-12(4-6-13)11(2)17/h3-9,11,17H,1-2H3. The highest BCUT2D eigenvalue weighted by molar-refractivity contribution is 5.45. The van der Waals surface area contributed by atoms with Crippen molar-refractivity contribution in [3.8, 4) is 11.5 Å². The normalized spacial score (nSPS) is 11.9. The van der Waals surface area contributed by atoms with E-state index in [1.54, 1.807) is 50.2 Å². The smallest absolute Gasteiger partial charge is 0.272 e. The van der Waals surface area contributed by atoms with E-state index in [1.807, 2.05) is 0 Å². The lowest BCUT2D eigenvalue weighted by molar-refractivity contribution is -0.385. The van der Waals surface area contributed by atoms with Crippen LogP contribution in [0.3, 0.4) is 0 Å². The zero-order valence-electron chi connectivity index (χ0n) is 11.2. The lowest BCUT2D eigenvalue weighted by atomic mass is 10.1. The fourth-order valence-electron chi connectivity index (χ4n) is 1.85. The van der Waals surface area contributed by atoms with Gasteiger partial charge in [0.2, 0.25) is 0 Å². The molecule has 20 heavy (non-hydrogen) atoms. The molecular weight excluding hydrogens is 258 g/mol. The largest absolute Gasteiger partial charge is 0.457 e. The van der Waals surface area contributed by atoms with Crippen LogP contribution >= 0.6 is 0 Å². The van der Waals surface area contributed by atoms with Gasteiger partial charge in [-0.3, -0.25) is 10.1 Å². The average molecular weight is 273 g/mol. The molecule has 1 N–H and O–H groups in total. The predicted octanol–water partition coefficient (Wildman–Crippen LogP) is 3.75. The molecule has 2 rings (SSSR count). The van der Waals surface area contributed by atoms with Crippen molar-refractivity contribution in [1.82, 2.24) is 0 Å². The summed E-state index contributed by atoms with van der Waals surface area (Å²) in [5.41, 5.74) is 1.42. The zero-order chi connectivity index (χ0) is 14.7. The molecule has 0 bridgehead atoms. The van der Waals surface area contributed by atoms with Gasteiger partial charge in [-0.15, -0.1) is 0 Å². The van der Waals surface area contributed by atoms with Gasteiger partial charge >= 0.3 is 0 Å². The highest BCUT2D eigenvalue weighted by Gasteiger charge is 2.11. The van der Waals surface area contributed by atoms with Crippen molar-refractivity contribution in [3.05, 3.63) is 63.7 Å². The van der Waals surface area contributed by atoms with Gasteiger partial charge in [-0.1, -0.05) is 12.1 Å². The predicted molar refractivity (Wildman–Crippen MR) is 75.0 cm³/mol. The van der Waals surface area contributed by atoms with Gasteiger partial charge in [0.05, 0.1) is 11.0 Å². The number of aliphatic hydroxyl groups is 1. The van der Waals surface area contributed by atoms with Crippen molar-refractivity contribution < 1.29 is 14.8 Å². The van der Waals surface area contributed by atoms with Crippen LogP contribution in [0.25, 0.3) is 0 Å². The Bertz CT molecular complexity index is 620. The summed E-state index contributed by atoms with van der Waals surface area (Å²) in [6.45, 7) is 3.36. The third-order valence-corrected chi connectivity index (χ3v) is 2.96. The number of nitro benzene ring substituents is 1. The Kier molecular flexibility index (Phi) is 4.00. The number of aliphatic hydroxyl groups excluding tert-OH is 1. The molecule has 0 fully saturated rings. The Hall–Kier alpha value is -2.40. The minimum Gasteiger partial charge on any atom is -0.457 e. The summed E-state index contributed by atoms with van der Waals surface area (Å²) in [7, 11) is 0. The quantitative estimate of drug-likeness (QED) is 0.680. The van der Waals surface area contributed by atoms with E-state index in [2.05, 4.69) is 0 Å². The second kappa shape index (κ2) is 5.71. The number of nitro groups is 1. The Morgan fingerprint density at radius 1 is 1.15 bits per heavy atom. The van der Waals surface area contributed by atoms with E-state index in [0.717, 1.165) is 5.56 Å². The molecule has 0 radical (unpaired) electrons. The van der Waals surface area contributed by atoms with Gasteiger partial charge in [0.25, 0.3) is 5.69 Å². The molecule has 0 aliphatic heterocycles. The molecule has 0 saturated carbocycles. The van der Waals surface area contributed by atoms with Crippen molar-refractivity contribution in [2.75, 3.05) is 0 Å². The monoisotopic (exact) mass is 273 g/mol. The molecule has 2 aromatic rings. The molecule has 1 atom stereocenters. The van der Waals surface area contributed by atoms with E-state index in [4.69, 9.17) is 4.74 Å². The summed E-state index contributed by atoms with van der Waals surface area (Å²) in [6, 6.07) is 11.7. The summed E-state index contributed by atoms with van der Waals surface area (Å²) in [5.74, 6) is 1.15. The molecule has 0 aromatic heterocycles. The first kappa shape index (κ1) is 14.0. The van der Waals surface area contributed by atoms with Crippen LogP contribution < -0.4 is 4.74 Å². The van der Waals surface area contributed by atoms with E-state index in [-0.39, 0.29) is 5.69 Å². The number of hydrogen-bond acceptors (Lipinski definition) is 4. The number of aryl methyl sites for hydroxylation is 1. The molecule has 0 amide bonds. The van der Waals surface area contributed by atoms with Crippen molar-refractivity contribution in [3.63, 3.8) is 0 Å². The van der Waals surface area contributed by atoms with E-state index in [0.29, 0.717) is 17.1 Å². The molecule has 5 nitrogen and oxygen atoms in total. The first-order valence-corrected chi connectivity index (χ1v) is 6.18. The lowest BCUT2D eigenvalue weighted by Crippen LogP contribution is -1.93. The van der Waals surface area contributed by atoms with Crippen LogP contribution in [0.5, 0.6) is 11.5 Å². The van der Waals surface area contributed by atoms with Crippen molar-refractivity contribution in [2.24, 2.45) is 0 Å². The molecule has 0 aliphatic rings. The van der Waals surface area contributed by atoms with Crippen LogP contribution in [-0.4, -0.2) is 10.0 Å². The fraction of sp³-hybridized carbons (Fsp3) is 0.200. The molecule has 0 aliphatic carbocycles. The number of benzene rings is 2. The van der Waals surface area contributed by atoms with Gasteiger partial charge < -0.3 is 9.84 Å². The van der Waals surface area contributed by atoms with Gasteiger partial charge in [-0.2, -0.15) is 0 Å². The maximum atomic E-state index is 10.7. The molecule has 0 spiro atoms. The third-order valence-electron chi connectivity index (χ3n) is 2.96. The summed E-state index contributed by atoms with van der Waals surface area (Å²) in [4.78, 5) is 10.3. The second-order valence-corrected chi connectivity index (χ2v) is 4.55. The molecule has 1 unspecified atom stereocenters. The topological polar surface area (TPSA) is 72.6 Å². The van der Waals surface area contributed by atoms with Crippen molar-refractivity contribution in [1.29, 1.82) is 0 Å². The third kappa shape index (κ3) is 3.13. The van der Waals surface area contributed by atoms with Crippen LogP contribution in [0.15, 0.2) is 42.5 Å². The van der Waals surface area contributed by atoms with Gasteiger partial charge in [-0.25, -0.2) is 0 Å². The van der Waals surface area contributed by atoms with Crippen LogP contribution in [0, 0.1) is 17.0 Å². The number of ether oxygens (including phenoxy) is 1. The van der Waals surface area contributed by atoms with Crippen LogP contribution in [-0.2, 0) is 0 Å². The van der Waals surface area contributed by atoms with Gasteiger partial charge in [0.1, 0.15) is 11.5 Å². The highest BCUT2D eigenvalue weighted by atomic mass is 16.6. The van der Waals surface area contributed by atoms with Crippen LogP contribution in [0.4, 0.5) is 5.69 Å². The summed E-state index contributed by atoms with van der Waals surface area (Å²) in [5, 5.41) is 20.2. The van der Waals surface area contributed by atoms with Crippen LogP contribution in [0.1, 0.15) is 24.2 Å². The molecule has 0 saturated heterocycles. The maximum absolute atomic E-state index is 10.7. The van der Waals surface area contributed by atoms with Crippen molar-refractivity contribution in [2.45, 2.75) is 20.0 Å². The summed E-state index contributed by atoms with van der Waals surface area (Å²) in [6.07, 6.45) is -0.523. The van der Waals surface area contributed by atoms with Crippen LogP contribution in [0.2, 0.25) is 0 Å². The SMILES string of the molecule is Cc1cc(Oc2ccc(C(C)O)cc2)ccc1[N+](=O)[O-]. The maximum Gasteiger partial charge on any atom is 0.272 e. The molecule has 0 heterocycles. The number of hydrogen-bond donors (Lipinski definition) is 1. The first-order chi connectivity index (χ1) is 9.47. The minimum absolute atomic E-state index is 0.0711. The number of rotatable bonds is 4. The molecule has 104 valence electrons. The molecule has 5 heteroatoms.